The molecule has 4 heterocycles. The minimum Gasteiger partial charge on any atom is -0.459 e. The van der Waals surface area contributed by atoms with Crippen molar-refractivity contribution in [1.82, 2.24) is 24.1 Å². The zero-order valence-corrected chi connectivity index (χ0v) is 17.0. The number of furan rings is 1. The molecule has 1 aliphatic heterocycles. The summed E-state index contributed by atoms with van der Waals surface area (Å²) in [5.74, 6) is -0.0900. The largest absolute Gasteiger partial charge is 0.459 e. The van der Waals surface area contributed by atoms with Gasteiger partial charge in [-0.25, -0.2) is 4.68 Å². The molecule has 1 aliphatic rings. The molecule has 2 amide bonds. The van der Waals surface area contributed by atoms with Gasteiger partial charge in [-0.05, 0) is 18.2 Å². The Bertz CT molecular complexity index is 1340. The molecule has 158 valence electrons. The number of amides is 2. The fourth-order valence-electron chi connectivity index (χ4n) is 4.17. The number of hydrogen-bond donors (Lipinski definition) is 0. The van der Waals surface area contributed by atoms with Crippen molar-refractivity contribution in [2.75, 3.05) is 26.2 Å². The van der Waals surface area contributed by atoms with E-state index in [9.17, 15) is 14.4 Å². The van der Waals surface area contributed by atoms with Crippen LogP contribution >= 0.6 is 0 Å². The second-order valence-electron chi connectivity index (χ2n) is 7.60. The molecule has 0 aliphatic carbocycles. The van der Waals surface area contributed by atoms with Crippen molar-refractivity contribution in [2.45, 2.75) is 6.54 Å². The number of carbonyl (C=O) groups is 2. The molecule has 31 heavy (non-hydrogen) atoms. The van der Waals surface area contributed by atoms with E-state index in [1.165, 1.54) is 10.9 Å². The molecule has 1 aromatic carbocycles. The summed E-state index contributed by atoms with van der Waals surface area (Å²) in [7, 11) is 1.84. The van der Waals surface area contributed by atoms with Gasteiger partial charge in [-0.3, -0.25) is 14.4 Å². The summed E-state index contributed by atoms with van der Waals surface area (Å²) in [5, 5.41) is 5.98. The van der Waals surface area contributed by atoms with E-state index in [4.69, 9.17) is 4.42 Å². The molecule has 0 unspecified atom stereocenters. The number of rotatable bonds is 3. The standard InChI is InChI=1S/C22H21N5O4/c1-24-17-6-3-2-5-15(17)16-13-23-27(22(30)20(16)24)14-19(28)25-8-10-26(11-9-25)21(29)18-7-4-12-31-18/h2-7,12-13H,8-11,14H2,1H3. The third kappa shape index (κ3) is 3.18. The Balaban J connectivity index is 1.32. The van der Waals surface area contributed by atoms with Crippen molar-refractivity contribution in [3.8, 4) is 0 Å². The number of para-hydroxylation sites is 1. The van der Waals surface area contributed by atoms with E-state index in [0.29, 0.717) is 37.5 Å². The second kappa shape index (κ2) is 7.42. The first-order chi connectivity index (χ1) is 15.0. The summed E-state index contributed by atoms with van der Waals surface area (Å²) in [5.41, 5.74) is 1.17. The van der Waals surface area contributed by atoms with E-state index in [1.807, 2.05) is 35.9 Å². The lowest BCUT2D eigenvalue weighted by Crippen LogP contribution is -2.51. The maximum absolute atomic E-state index is 13.1. The lowest BCUT2D eigenvalue weighted by atomic mass is 10.2. The summed E-state index contributed by atoms with van der Waals surface area (Å²) < 4.78 is 8.22. The van der Waals surface area contributed by atoms with E-state index >= 15 is 0 Å². The van der Waals surface area contributed by atoms with Gasteiger partial charge < -0.3 is 18.8 Å². The van der Waals surface area contributed by atoms with Crippen LogP contribution in [0.1, 0.15) is 10.6 Å². The Morgan fingerprint density at radius 2 is 1.74 bits per heavy atom. The summed E-state index contributed by atoms with van der Waals surface area (Å²) in [6.45, 7) is 1.49. The van der Waals surface area contributed by atoms with Crippen molar-refractivity contribution in [1.29, 1.82) is 0 Å². The fourth-order valence-corrected chi connectivity index (χ4v) is 4.17. The van der Waals surface area contributed by atoms with Crippen LogP contribution in [0.5, 0.6) is 0 Å². The number of carbonyl (C=O) groups excluding carboxylic acids is 2. The van der Waals surface area contributed by atoms with Gasteiger partial charge in [0.25, 0.3) is 11.5 Å². The molecule has 1 fully saturated rings. The Labute approximate surface area is 177 Å². The van der Waals surface area contributed by atoms with Crippen LogP contribution in [0.3, 0.4) is 0 Å². The number of fused-ring (bicyclic) bond motifs is 3. The molecule has 0 radical (unpaired) electrons. The van der Waals surface area contributed by atoms with Gasteiger partial charge in [0.05, 0.1) is 12.5 Å². The molecule has 0 bridgehead atoms. The number of hydrogen-bond acceptors (Lipinski definition) is 5. The predicted octanol–water partition coefficient (Wildman–Crippen LogP) is 1.47. The molecular weight excluding hydrogens is 398 g/mol. The molecule has 5 rings (SSSR count). The lowest BCUT2D eigenvalue weighted by molar-refractivity contribution is -0.133. The highest BCUT2D eigenvalue weighted by molar-refractivity contribution is 6.07. The normalized spacial score (nSPS) is 14.5. The molecule has 9 nitrogen and oxygen atoms in total. The van der Waals surface area contributed by atoms with Crippen molar-refractivity contribution in [2.24, 2.45) is 7.05 Å². The highest BCUT2D eigenvalue weighted by Gasteiger charge is 2.26. The van der Waals surface area contributed by atoms with Crippen molar-refractivity contribution < 1.29 is 14.0 Å². The van der Waals surface area contributed by atoms with Crippen molar-refractivity contribution in [3.05, 3.63) is 65.0 Å². The minimum atomic E-state index is -0.295. The molecule has 3 aromatic heterocycles. The first-order valence-electron chi connectivity index (χ1n) is 10.1. The van der Waals surface area contributed by atoms with Crippen LogP contribution in [0, 0.1) is 0 Å². The first-order valence-corrected chi connectivity index (χ1v) is 10.1. The summed E-state index contributed by atoms with van der Waals surface area (Å²) in [4.78, 5) is 41.6. The summed E-state index contributed by atoms with van der Waals surface area (Å²) in [6, 6.07) is 11.1. The zero-order chi connectivity index (χ0) is 21.5. The summed E-state index contributed by atoms with van der Waals surface area (Å²) in [6.07, 6.45) is 3.11. The third-order valence-corrected chi connectivity index (χ3v) is 5.85. The van der Waals surface area contributed by atoms with Gasteiger partial charge in [0.2, 0.25) is 5.91 Å². The topological polar surface area (TPSA) is 93.6 Å². The molecular formula is C22H21N5O4. The number of piperazine rings is 1. The molecule has 0 N–H and O–H groups in total. The van der Waals surface area contributed by atoms with E-state index < -0.39 is 0 Å². The molecule has 0 atom stereocenters. The molecule has 0 spiro atoms. The number of aryl methyl sites for hydroxylation is 1. The quantitative estimate of drug-likeness (QED) is 0.501. The number of aromatic nitrogens is 3. The molecule has 9 heteroatoms. The van der Waals surface area contributed by atoms with Crippen molar-refractivity contribution >= 4 is 33.6 Å². The highest BCUT2D eigenvalue weighted by Crippen LogP contribution is 2.24. The van der Waals surface area contributed by atoms with Gasteiger partial charge in [-0.15, -0.1) is 0 Å². The van der Waals surface area contributed by atoms with Crippen LogP contribution in [-0.2, 0) is 18.4 Å². The Kier molecular flexibility index (Phi) is 4.58. The van der Waals surface area contributed by atoms with Crippen LogP contribution in [0.2, 0.25) is 0 Å². The van der Waals surface area contributed by atoms with Crippen LogP contribution in [-0.4, -0.2) is 62.1 Å². The van der Waals surface area contributed by atoms with Crippen molar-refractivity contribution in [3.63, 3.8) is 0 Å². The second-order valence-corrected chi connectivity index (χ2v) is 7.60. The SMILES string of the molecule is Cn1c2ccccc2c2cnn(CC(=O)N3CCN(C(=O)c4ccco4)CC3)c(=O)c21. The average Bonchev–Trinajstić information content (AvgIpc) is 3.43. The Hall–Kier alpha value is -3.88. The fraction of sp³-hybridized carbons (Fsp3) is 0.273. The zero-order valence-electron chi connectivity index (χ0n) is 17.0. The van der Waals surface area contributed by atoms with E-state index in [0.717, 1.165) is 16.3 Å². The molecule has 4 aromatic rings. The maximum atomic E-state index is 13.1. The first kappa shape index (κ1) is 19.1. The van der Waals surface area contributed by atoms with Crippen LogP contribution in [0.25, 0.3) is 21.8 Å². The maximum Gasteiger partial charge on any atom is 0.291 e. The lowest BCUT2D eigenvalue weighted by Gasteiger charge is -2.34. The summed E-state index contributed by atoms with van der Waals surface area (Å²) >= 11 is 0. The van der Waals surface area contributed by atoms with Gasteiger partial charge in [0, 0.05) is 49.5 Å². The highest BCUT2D eigenvalue weighted by atomic mass is 16.3. The van der Waals surface area contributed by atoms with E-state index in [2.05, 4.69) is 5.10 Å². The Morgan fingerprint density at radius 3 is 2.48 bits per heavy atom. The average molecular weight is 419 g/mol. The number of benzene rings is 1. The van der Waals surface area contributed by atoms with Crippen LogP contribution in [0.4, 0.5) is 0 Å². The number of nitrogens with zero attached hydrogens (tertiary/aromatic N) is 5. The Morgan fingerprint density at radius 1 is 1.00 bits per heavy atom. The molecule has 0 saturated carbocycles. The smallest absolute Gasteiger partial charge is 0.291 e. The van der Waals surface area contributed by atoms with Gasteiger partial charge >= 0.3 is 0 Å². The van der Waals surface area contributed by atoms with Crippen LogP contribution in [0.15, 0.2) is 58.1 Å². The minimum absolute atomic E-state index is 0.136. The van der Waals surface area contributed by atoms with E-state index in [1.54, 1.807) is 28.1 Å². The van der Waals surface area contributed by atoms with E-state index in [-0.39, 0.29) is 23.9 Å². The predicted molar refractivity (Wildman–Crippen MR) is 114 cm³/mol. The van der Waals surface area contributed by atoms with Gasteiger partial charge in [0.15, 0.2) is 5.76 Å². The third-order valence-electron chi connectivity index (χ3n) is 5.85. The van der Waals surface area contributed by atoms with Gasteiger partial charge in [0.1, 0.15) is 12.1 Å². The van der Waals surface area contributed by atoms with Gasteiger partial charge in [-0.2, -0.15) is 5.10 Å². The van der Waals surface area contributed by atoms with Gasteiger partial charge in [-0.1, -0.05) is 18.2 Å². The monoisotopic (exact) mass is 419 g/mol. The molecule has 1 saturated heterocycles. The van der Waals surface area contributed by atoms with Crippen LogP contribution < -0.4 is 5.56 Å².